The summed E-state index contributed by atoms with van der Waals surface area (Å²) in [5.41, 5.74) is 1.47. The zero-order valence-corrected chi connectivity index (χ0v) is 20.2. The molecule has 3 aromatic rings. The zero-order chi connectivity index (χ0) is 28.3. The Morgan fingerprint density at radius 1 is 1.14 bits per heavy atom. The molecule has 12 heteroatoms. The van der Waals surface area contributed by atoms with Crippen LogP contribution in [0, 0.1) is 5.92 Å². The molecular weight excluding hydrogens is 476 g/mol. The topological polar surface area (TPSA) is 143 Å². The molecule has 12 nitrogen and oxygen atoms in total. The van der Waals surface area contributed by atoms with E-state index >= 15 is 0 Å². The fourth-order valence-electron chi connectivity index (χ4n) is 3.97. The van der Waals surface area contributed by atoms with Gasteiger partial charge in [0.1, 0.15) is 5.82 Å². The van der Waals surface area contributed by atoms with Crippen LogP contribution >= 0.6 is 0 Å². The Hall–Kier alpha value is -4.32. The molecule has 3 heterocycles. The predicted molar refractivity (Wildman–Crippen MR) is 137 cm³/mol. The third-order valence-corrected chi connectivity index (χ3v) is 6.06. The van der Waals surface area contributed by atoms with Gasteiger partial charge in [0, 0.05) is 41.7 Å². The van der Waals surface area contributed by atoms with Gasteiger partial charge >= 0.3 is 0 Å². The van der Waals surface area contributed by atoms with Gasteiger partial charge in [-0.05, 0) is 25.0 Å². The highest BCUT2D eigenvalue weighted by Crippen LogP contribution is 2.38. The molecule has 0 unspecified atom stereocenters. The summed E-state index contributed by atoms with van der Waals surface area (Å²) in [4.78, 5) is 36.3. The molecule has 1 saturated heterocycles. The summed E-state index contributed by atoms with van der Waals surface area (Å²) in [6, 6.07) is 6.72. The van der Waals surface area contributed by atoms with E-state index in [-0.39, 0.29) is 29.0 Å². The van der Waals surface area contributed by atoms with Crippen LogP contribution in [-0.4, -0.2) is 72.4 Å². The maximum Gasteiger partial charge on any atom is 0.273 e. The van der Waals surface area contributed by atoms with E-state index in [1.54, 1.807) is 24.5 Å². The van der Waals surface area contributed by atoms with Crippen LogP contribution in [0.5, 0.6) is 5.75 Å². The Labute approximate surface area is 218 Å². The Bertz CT molecular complexity index is 1390. The highest BCUT2D eigenvalue weighted by Gasteiger charge is 2.30. The number of carbonyl (C=O) groups is 2. The first-order valence-electron chi connectivity index (χ1n) is 13.3. The largest absolute Gasteiger partial charge is 0.494 e. The van der Waals surface area contributed by atoms with Gasteiger partial charge in [0.25, 0.3) is 5.91 Å². The van der Waals surface area contributed by atoms with Crippen LogP contribution in [0.3, 0.4) is 0 Å². The Morgan fingerprint density at radius 2 is 1.97 bits per heavy atom. The van der Waals surface area contributed by atoms with Gasteiger partial charge in [-0.1, -0.05) is 6.07 Å². The summed E-state index contributed by atoms with van der Waals surface area (Å²) in [5.74, 6) is 0.0227. The monoisotopic (exact) mass is 507 g/mol. The second-order valence-corrected chi connectivity index (χ2v) is 8.58. The van der Waals surface area contributed by atoms with Gasteiger partial charge in [-0.2, -0.15) is 0 Å². The number of hydrogen-bond donors (Lipinski definition) is 3. The van der Waals surface area contributed by atoms with Gasteiger partial charge < -0.3 is 30.3 Å². The van der Waals surface area contributed by atoms with Crippen molar-refractivity contribution >= 4 is 34.8 Å². The normalized spacial score (nSPS) is 16.7. The van der Waals surface area contributed by atoms with E-state index in [4.69, 9.17) is 13.6 Å². The molecule has 1 aromatic carbocycles. The van der Waals surface area contributed by atoms with Gasteiger partial charge in [0.05, 0.1) is 49.8 Å². The van der Waals surface area contributed by atoms with E-state index in [0.29, 0.717) is 35.9 Å². The van der Waals surface area contributed by atoms with Crippen molar-refractivity contribution in [3.63, 3.8) is 0 Å². The summed E-state index contributed by atoms with van der Waals surface area (Å²) in [5, 5.41) is 15.5. The average molecular weight is 508 g/mol. The SMILES string of the molecule is [2H]C([2H])([2H])NC(=O)c1nnc(NC(=O)C2CC2)cc1Nc1cccc(-c2cnc(N3CCOCC3)cn2)c1OC. The lowest BCUT2D eigenvalue weighted by Gasteiger charge is -2.27. The van der Waals surface area contributed by atoms with Crippen LogP contribution in [-0.2, 0) is 9.53 Å². The fraction of sp³-hybridized carbons (Fsp3) is 0.360. The van der Waals surface area contributed by atoms with Crippen LogP contribution in [0.2, 0.25) is 0 Å². The smallest absolute Gasteiger partial charge is 0.273 e. The number of benzene rings is 1. The third-order valence-electron chi connectivity index (χ3n) is 6.06. The first kappa shape index (κ1) is 20.8. The van der Waals surface area contributed by atoms with Crippen molar-refractivity contribution < 1.29 is 23.2 Å². The molecule has 1 aliphatic carbocycles. The summed E-state index contributed by atoms with van der Waals surface area (Å²) in [6.45, 7) is -0.00602. The highest BCUT2D eigenvalue weighted by atomic mass is 16.5. The second kappa shape index (κ2) is 10.7. The molecule has 2 amide bonds. The zero-order valence-electron chi connectivity index (χ0n) is 23.2. The molecule has 0 atom stereocenters. The van der Waals surface area contributed by atoms with Crippen LogP contribution < -0.4 is 25.6 Å². The summed E-state index contributed by atoms with van der Waals surface area (Å²) in [6.07, 6.45) is 4.94. The Morgan fingerprint density at radius 3 is 2.68 bits per heavy atom. The number of methoxy groups -OCH3 is 1. The lowest BCUT2D eigenvalue weighted by atomic mass is 10.1. The maximum absolute atomic E-state index is 12.8. The number of para-hydroxylation sites is 1. The molecule has 2 fully saturated rings. The van der Waals surface area contributed by atoms with Crippen molar-refractivity contribution in [3.05, 3.63) is 42.4 Å². The molecule has 192 valence electrons. The van der Waals surface area contributed by atoms with Crippen molar-refractivity contribution in [1.29, 1.82) is 0 Å². The molecule has 2 aliphatic rings. The Balaban J connectivity index is 1.46. The number of ether oxygens (including phenoxy) is 2. The number of amides is 2. The summed E-state index contributed by atoms with van der Waals surface area (Å²) in [7, 11) is 1.49. The van der Waals surface area contributed by atoms with Gasteiger partial charge in [-0.3, -0.25) is 14.6 Å². The minimum absolute atomic E-state index is 0.0794. The minimum atomic E-state index is -2.74. The van der Waals surface area contributed by atoms with Crippen molar-refractivity contribution in [3.8, 4) is 17.0 Å². The van der Waals surface area contributed by atoms with Crippen molar-refractivity contribution in [2.24, 2.45) is 5.92 Å². The molecule has 5 rings (SSSR count). The lowest BCUT2D eigenvalue weighted by molar-refractivity contribution is -0.117. The predicted octanol–water partition coefficient (Wildman–Crippen LogP) is 2.23. The molecule has 3 N–H and O–H groups in total. The average Bonchev–Trinajstić information content (AvgIpc) is 3.79. The van der Waals surface area contributed by atoms with E-state index in [0.717, 1.165) is 31.7 Å². The minimum Gasteiger partial charge on any atom is -0.494 e. The quantitative estimate of drug-likeness (QED) is 0.415. The first-order valence-corrected chi connectivity index (χ1v) is 11.8. The number of carbonyl (C=O) groups excluding carboxylic acids is 2. The van der Waals surface area contributed by atoms with E-state index in [1.807, 2.05) is 11.4 Å². The molecule has 1 aliphatic heterocycles. The number of anilines is 4. The summed E-state index contributed by atoms with van der Waals surface area (Å²) >= 11 is 0. The Kier molecular flexibility index (Phi) is 6.05. The molecule has 1 saturated carbocycles. The van der Waals surface area contributed by atoms with Crippen LogP contribution in [0.4, 0.5) is 23.0 Å². The maximum atomic E-state index is 12.8. The fourth-order valence-corrected chi connectivity index (χ4v) is 3.97. The van der Waals surface area contributed by atoms with Gasteiger partial charge in [-0.15, -0.1) is 10.2 Å². The van der Waals surface area contributed by atoms with Gasteiger partial charge in [0.15, 0.2) is 17.3 Å². The third kappa shape index (κ3) is 5.43. The lowest BCUT2D eigenvalue weighted by Crippen LogP contribution is -2.36. The number of nitrogens with zero attached hydrogens (tertiary/aromatic N) is 5. The van der Waals surface area contributed by atoms with Crippen molar-refractivity contribution in [2.75, 3.05) is 55.9 Å². The summed E-state index contributed by atoms with van der Waals surface area (Å²) < 4.78 is 33.3. The molecule has 0 bridgehead atoms. The molecular formula is C25H28N8O4. The van der Waals surface area contributed by atoms with E-state index in [2.05, 4.69) is 35.7 Å². The van der Waals surface area contributed by atoms with Crippen LogP contribution in [0.25, 0.3) is 11.3 Å². The van der Waals surface area contributed by atoms with Crippen molar-refractivity contribution in [2.45, 2.75) is 12.8 Å². The molecule has 2 aromatic heterocycles. The number of hydrogen-bond acceptors (Lipinski definition) is 10. The highest BCUT2D eigenvalue weighted by molar-refractivity contribution is 6.00. The van der Waals surface area contributed by atoms with E-state index in [1.165, 1.54) is 13.2 Å². The van der Waals surface area contributed by atoms with Crippen LogP contribution in [0.1, 0.15) is 27.4 Å². The number of nitrogens with one attached hydrogen (secondary N) is 3. The molecule has 0 radical (unpaired) electrons. The van der Waals surface area contributed by atoms with Gasteiger partial charge in [-0.25, -0.2) is 4.98 Å². The van der Waals surface area contributed by atoms with Gasteiger partial charge in [0.2, 0.25) is 5.91 Å². The van der Waals surface area contributed by atoms with E-state index in [9.17, 15) is 9.59 Å². The second-order valence-electron chi connectivity index (χ2n) is 8.58. The number of aromatic nitrogens is 4. The molecule has 0 spiro atoms. The van der Waals surface area contributed by atoms with Crippen molar-refractivity contribution in [1.82, 2.24) is 25.5 Å². The standard InChI is InChI=1S/C25H28N8O4/c1-26-25(35)22-18(12-20(31-32-22)30-24(34)15-6-7-15)29-17-5-3-4-16(23(17)36-2)19-13-28-21(14-27-19)33-8-10-37-11-9-33/h3-5,12-15H,6-11H2,1-2H3,(H,26,35)(H2,29,30,31,34)/i1D3. The number of morpholine rings is 1. The first-order chi connectivity index (χ1) is 19.2. The van der Waals surface area contributed by atoms with E-state index < -0.39 is 12.9 Å². The number of rotatable bonds is 8. The van der Waals surface area contributed by atoms with Crippen LogP contribution in [0.15, 0.2) is 36.7 Å². The molecule has 37 heavy (non-hydrogen) atoms.